The summed E-state index contributed by atoms with van der Waals surface area (Å²) >= 11 is 0. The number of ether oxygens (including phenoxy) is 2. The fraction of sp³-hybridized carbons (Fsp3) is 0.250. The Hall–Kier alpha value is -2.95. The lowest BCUT2D eigenvalue weighted by Crippen LogP contribution is -1.99. The van der Waals surface area contributed by atoms with Gasteiger partial charge in [0.15, 0.2) is 11.6 Å². The van der Waals surface area contributed by atoms with Crippen LogP contribution in [0.1, 0.15) is 31.4 Å². The molecule has 0 aliphatic rings. The van der Waals surface area contributed by atoms with E-state index in [9.17, 15) is 13.2 Å². The highest BCUT2D eigenvalue weighted by Crippen LogP contribution is 2.30. The van der Waals surface area contributed by atoms with Gasteiger partial charge in [0.1, 0.15) is 18.2 Å². The molecule has 0 unspecified atom stereocenters. The Morgan fingerprint density at radius 2 is 1.55 bits per heavy atom. The Morgan fingerprint density at radius 3 is 2.21 bits per heavy atom. The average molecular weight is 400 g/mol. The Bertz CT molecular complexity index is 969. The molecule has 3 aromatic rings. The third-order valence-corrected chi connectivity index (χ3v) is 4.56. The third-order valence-electron chi connectivity index (χ3n) is 4.56. The van der Waals surface area contributed by atoms with Crippen molar-refractivity contribution in [3.8, 4) is 22.6 Å². The predicted octanol–water partition coefficient (Wildman–Crippen LogP) is 6.70. The van der Waals surface area contributed by atoms with Gasteiger partial charge < -0.3 is 9.47 Å². The summed E-state index contributed by atoms with van der Waals surface area (Å²) in [6, 6.07) is 14.7. The van der Waals surface area contributed by atoms with E-state index in [0.29, 0.717) is 23.3 Å². The molecule has 0 fully saturated rings. The molecule has 0 amide bonds. The van der Waals surface area contributed by atoms with Crippen molar-refractivity contribution in [2.24, 2.45) is 0 Å². The standard InChI is InChI=1S/C24H23F3O2/c1-3-5-18-10-11-19(14-21(18)25)29-15-16-6-8-17(9-7-16)20-12-13-22(28-4-2)24(27)23(20)26/h6-14H,3-5,15H2,1-2H3. The lowest BCUT2D eigenvalue weighted by molar-refractivity contribution is 0.304. The van der Waals surface area contributed by atoms with E-state index in [-0.39, 0.29) is 30.3 Å². The summed E-state index contributed by atoms with van der Waals surface area (Å²) in [6.45, 7) is 4.21. The monoisotopic (exact) mass is 400 g/mol. The normalized spacial score (nSPS) is 10.8. The Kier molecular flexibility index (Phi) is 6.81. The third kappa shape index (κ3) is 4.91. The highest BCUT2D eigenvalue weighted by molar-refractivity contribution is 5.65. The molecule has 0 spiro atoms. The first kappa shape index (κ1) is 20.8. The van der Waals surface area contributed by atoms with Gasteiger partial charge in [-0.3, -0.25) is 0 Å². The van der Waals surface area contributed by atoms with Crippen LogP contribution in [0.5, 0.6) is 11.5 Å². The van der Waals surface area contributed by atoms with Gasteiger partial charge in [-0.1, -0.05) is 43.7 Å². The van der Waals surface area contributed by atoms with E-state index in [1.807, 2.05) is 6.92 Å². The number of hydrogen-bond donors (Lipinski definition) is 0. The summed E-state index contributed by atoms with van der Waals surface area (Å²) in [7, 11) is 0. The highest BCUT2D eigenvalue weighted by atomic mass is 19.2. The molecule has 0 saturated carbocycles. The largest absolute Gasteiger partial charge is 0.491 e. The number of aryl methyl sites for hydroxylation is 1. The maximum absolute atomic E-state index is 14.4. The molecule has 0 saturated heterocycles. The molecule has 29 heavy (non-hydrogen) atoms. The van der Waals surface area contributed by atoms with Crippen LogP contribution in [0.2, 0.25) is 0 Å². The van der Waals surface area contributed by atoms with Crippen LogP contribution < -0.4 is 9.47 Å². The van der Waals surface area contributed by atoms with E-state index in [2.05, 4.69) is 0 Å². The number of rotatable bonds is 8. The Morgan fingerprint density at radius 1 is 0.793 bits per heavy atom. The molecular weight excluding hydrogens is 377 g/mol. The van der Waals surface area contributed by atoms with Gasteiger partial charge >= 0.3 is 0 Å². The van der Waals surface area contributed by atoms with Crippen LogP contribution in [0.25, 0.3) is 11.1 Å². The van der Waals surface area contributed by atoms with Gasteiger partial charge in [-0.15, -0.1) is 0 Å². The lowest BCUT2D eigenvalue weighted by atomic mass is 10.0. The van der Waals surface area contributed by atoms with Gasteiger partial charge in [0.2, 0.25) is 5.82 Å². The molecule has 152 valence electrons. The van der Waals surface area contributed by atoms with Crippen LogP contribution in [-0.4, -0.2) is 6.61 Å². The molecule has 0 radical (unpaired) electrons. The van der Waals surface area contributed by atoms with Gasteiger partial charge in [0, 0.05) is 11.6 Å². The second-order valence-electron chi connectivity index (χ2n) is 6.66. The number of benzene rings is 3. The summed E-state index contributed by atoms with van der Waals surface area (Å²) in [5, 5.41) is 0. The van der Waals surface area contributed by atoms with Crippen LogP contribution in [0.4, 0.5) is 13.2 Å². The maximum Gasteiger partial charge on any atom is 0.201 e. The van der Waals surface area contributed by atoms with Crippen LogP contribution in [-0.2, 0) is 13.0 Å². The molecule has 5 heteroatoms. The minimum Gasteiger partial charge on any atom is -0.491 e. The lowest BCUT2D eigenvalue weighted by Gasteiger charge is -2.11. The van der Waals surface area contributed by atoms with Crippen molar-refractivity contribution in [1.29, 1.82) is 0 Å². The molecule has 0 aliphatic heterocycles. The fourth-order valence-electron chi connectivity index (χ4n) is 3.06. The van der Waals surface area contributed by atoms with E-state index < -0.39 is 11.6 Å². The smallest absolute Gasteiger partial charge is 0.201 e. The number of hydrogen-bond acceptors (Lipinski definition) is 2. The first-order valence-corrected chi connectivity index (χ1v) is 9.64. The zero-order valence-corrected chi connectivity index (χ0v) is 16.5. The van der Waals surface area contributed by atoms with Crippen LogP contribution in [0.15, 0.2) is 54.6 Å². The summed E-state index contributed by atoms with van der Waals surface area (Å²) in [4.78, 5) is 0. The van der Waals surface area contributed by atoms with Crippen molar-refractivity contribution >= 4 is 0 Å². The molecule has 3 aromatic carbocycles. The van der Waals surface area contributed by atoms with Crippen molar-refractivity contribution in [1.82, 2.24) is 0 Å². The summed E-state index contributed by atoms with van der Waals surface area (Å²) in [5.74, 6) is -1.86. The second-order valence-corrected chi connectivity index (χ2v) is 6.66. The van der Waals surface area contributed by atoms with E-state index in [1.165, 1.54) is 18.2 Å². The van der Waals surface area contributed by atoms with Crippen molar-refractivity contribution in [2.45, 2.75) is 33.3 Å². The zero-order valence-electron chi connectivity index (χ0n) is 16.5. The van der Waals surface area contributed by atoms with Crippen molar-refractivity contribution < 1.29 is 22.6 Å². The summed E-state index contributed by atoms with van der Waals surface area (Å²) in [5.41, 5.74) is 2.21. The van der Waals surface area contributed by atoms with Crippen molar-refractivity contribution in [3.05, 3.63) is 83.2 Å². The summed E-state index contributed by atoms with van der Waals surface area (Å²) < 4.78 is 53.1. The second kappa shape index (κ2) is 9.50. The van der Waals surface area contributed by atoms with Crippen molar-refractivity contribution in [3.63, 3.8) is 0 Å². The van der Waals surface area contributed by atoms with Gasteiger partial charge in [0.05, 0.1) is 6.61 Å². The quantitative estimate of drug-likeness (QED) is 0.419. The van der Waals surface area contributed by atoms with Crippen LogP contribution in [0, 0.1) is 17.5 Å². The first-order chi connectivity index (χ1) is 14.0. The van der Waals surface area contributed by atoms with E-state index >= 15 is 0 Å². The Labute approximate surface area is 168 Å². The topological polar surface area (TPSA) is 18.5 Å². The molecule has 0 heterocycles. The van der Waals surface area contributed by atoms with E-state index in [4.69, 9.17) is 9.47 Å². The molecule has 0 aromatic heterocycles. The van der Waals surface area contributed by atoms with E-state index in [0.717, 1.165) is 12.0 Å². The van der Waals surface area contributed by atoms with Crippen molar-refractivity contribution in [2.75, 3.05) is 6.61 Å². The van der Waals surface area contributed by atoms with Gasteiger partial charge in [-0.25, -0.2) is 8.78 Å². The average Bonchev–Trinajstić information content (AvgIpc) is 2.73. The Balaban J connectivity index is 1.69. The molecule has 2 nitrogen and oxygen atoms in total. The van der Waals surface area contributed by atoms with Gasteiger partial charge in [-0.05, 0) is 48.2 Å². The molecule has 0 bridgehead atoms. The minimum absolute atomic E-state index is 0.101. The van der Waals surface area contributed by atoms with Gasteiger partial charge in [0.25, 0.3) is 0 Å². The molecule has 0 atom stereocenters. The zero-order chi connectivity index (χ0) is 20.8. The van der Waals surface area contributed by atoms with Crippen LogP contribution in [0.3, 0.4) is 0 Å². The van der Waals surface area contributed by atoms with Gasteiger partial charge in [-0.2, -0.15) is 4.39 Å². The predicted molar refractivity (Wildman–Crippen MR) is 108 cm³/mol. The van der Waals surface area contributed by atoms with E-state index in [1.54, 1.807) is 43.3 Å². The maximum atomic E-state index is 14.4. The molecule has 0 aliphatic carbocycles. The minimum atomic E-state index is -0.995. The highest BCUT2D eigenvalue weighted by Gasteiger charge is 2.15. The molecule has 0 N–H and O–H groups in total. The first-order valence-electron chi connectivity index (χ1n) is 9.64. The number of halogens is 3. The molecular formula is C24H23F3O2. The SMILES string of the molecule is CCCc1ccc(OCc2ccc(-c3ccc(OCC)c(F)c3F)cc2)cc1F. The molecule has 3 rings (SSSR count). The van der Waals surface area contributed by atoms with Crippen LogP contribution >= 0.6 is 0 Å². The summed E-state index contributed by atoms with van der Waals surface area (Å²) in [6.07, 6.45) is 1.57. The fourth-order valence-corrected chi connectivity index (χ4v) is 3.06.